The molecule has 0 bridgehead atoms. The Morgan fingerprint density at radius 3 is 3.28 bits per heavy atom. The van der Waals surface area contributed by atoms with Gasteiger partial charge in [0.15, 0.2) is 0 Å². The highest BCUT2D eigenvalue weighted by molar-refractivity contribution is 5.39. The third-order valence-corrected chi connectivity index (χ3v) is 3.97. The van der Waals surface area contributed by atoms with E-state index in [1.165, 1.54) is 37.1 Å². The second kappa shape index (κ2) is 5.72. The highest BCUT2D eigenvalue weighted by Crippen LogP contribution is 2.25. The Morgan fingerprint density at radius 2 is 2.39 bits per heavy atom. The first-order valence-electron chi connectivity index (χ1n) is 7.08. The van der Waals surface area contributed by atoms with Gasteiger partial charge in [-0.15, -0.1) is 0 Å². The summed E-state index contributed by atoms with van der Waals surface area (Å²) in [5.41, 5.74) is 2.75. The Bertz CT molecular complexity index is 399. The first kappa shape index (κ1) is 12.0. The molecule has 2 aliphatic heterocycles. The van der Waals surface area contributed by atoms with Crippen molar-refractivity contribution in [1.82, 2.24) is 10.6 Å². The standard InChI is InChI=1S/C15H22N2O/c1-2-15-14(5-8-18-15)9-13(1)11-17-7-4-12-3-6-16-10-12/h1-2,9,12,16-17H,3-8,10-11H2. The average Bonchev–Trinajstić information content (AvgIpc) is 3.05. The molecule has 0 saturated carbocycles. The quantitative estimate of drug-likeness (QED) is 0.776. The maximum Gasteiger partial charge on any atom is 0.122 e. The van der Waals surface area contributed by atoms with E-state index in [0.717, 1.165) is 37.8 Å². The van der Waals surface area contributed by atoms with E-state index in [1.54, 1.807) is 0 Å². The van der Waals surface area contributed by atoms with Crippen LogP contribution in [0.1, 0.15) is 24.0 Å². The van der Waals surface area contributed by atoms with E-state index in [9.17, 15) is 0 Å². The van der Waals surface area contributed by atoms with Gasteiger partial charge in [0, 0.05) is 13.0 Å². The smallest absolute Gasteiger partial charge is 0.122 e. The Kier molecular flexibility index (Phi) is 3.81. The van der Waals surface area contributed by atoms with Crippen LogP contribution in [0.15, 0.2) is 18.2 Å². The maximum atomic E-state index is 5.52. The van der Waals surface area contributed by atoms with Crippen LogP contribution in [0.5, 0.6) is 5.75 Å². The minimum absolute atomic E-state index is 0.848. The van der Waals surface area contributed by atoms with Crippen LogP contribution >= 0.6 is 0 Å². The number of benzene rings is 1. The zero-order valence-electron chi connectivity index (χ0n) is 10.9. The van der Waals surface area contributed by atoms with Gasteiger partial charge in [-0.1, -0.05) is 12.1 Å². The Hall–Kier alpha value is -1.06. The van der Waals surface area contributed by atoms with Crippen LogP contribution in [0, 0.1) is 5.92 Å². The largest absolute Gasteiger partial charge is 0.493 e. The fourth-order valence-electron chi connectivity index (χ4n) is 2.85. The lowest BCUT2D eigenvalue weighted by molar-refractivity contribution is 0.357. The molecule has 1 unspecified atom stereocenters. The zero-order valence-corrected chi connectivity index (χ0v) is 10.9. The van der Waals surface area contributed by atoms with Gasteiger partial charge >= 0.3 is 0 Å². The molecule has 1 fully saturated rings. The molecule has 98 valence electrons. The maximum absolute atomic E-state index is 5.52. The molecule has 2 aliphatic rings. The number of rotatable bonds is 5. The molecule has 3 nitrogen and oxygen atoms in total. The van der Waals surface area contributed by atoms with Gasteiger partial charge in [-0.25, -0.2) is 0 Å². The molecule has 3 rings (SSSR count). The molecule has 2 heterocycles. The van der Waals surface area contributed by atoms with E-state index in [2.05, 4.69) is 28.8 Å². The molecule has 0 amide bonds. The predicted octanol–water partition coefficient (Wildman–Crippen LogP) is 1.71. The van der Waals surface area contributed by atoms with E-state index < -0.39 is 0 Å². The van der Waals surface area contributed by atoms with Gasteiger partial charge in [-0.3, -0.25) is 0 Å². The summed E-state index contributed by atoms with van der Waals surface area (Å²) in [6.45, 7) is 5.36. The molecule has 0 radical (unpaired) electrons. The molecular formula is C15H22N2O. The van der Waals surface area contributed by atoms with Crippen LogP contribution in [0.3, 0.4) is 0 Å². The van der Waals surface area contributed by atoms with Crippen molar-refractivity contribution >= 4 is 0 Å². The van der Waals surface area contributed by atoms with Crippen LogP contribution in [0.2, 0.25) is 0 Å². The Morgan fingerprint density at radius 1 is 1.39 bits per heavy atom. The number of hydrogen-bond donors (Lipinski definition) is 2. The minimum Gasteiger partial charge on any atom is -0.493 e. The molecule has 1 saturated heterocycles. The van der Waals surface area contributed by atoms with Crippen molar-refractivity contribution in [1.29, 1.82) is 0 Å². The number of ether oxygens (including phenoxy) is 1. The second-order valence-corrected chi connectivity index (χ2v) is 5.36. The topological polar surface area (TPSA) is 33.3 Å². The molecule has 1 atom stereocenters. The van der Waals surface area contributed by atoms with Crippen LogP contribution in [-0.4, -0.2) is 26.2 Å². The van der Waals surface area contributed by atoms with Gasteiger partial charge in [0.2, 0.25) is 0 Å². The highest BCUT2D eigenvalue weighted by Gasteiger charge is 2.14. The minimum atomic E-state index is 0.848. The number of fused-ring (bicyclic) bond motifs is 1. The summed E-state index contributed by atoms with van der Waals surface area (Å²) >= 11 is 0. The molecule has 3 heteroatoms. The lowest BCUT2D eigenvalue weighted by Gasteiger charge is -2.10. The lowest BCUT2D eigenvalue weighted by Crippen LogP contribution is -2.19. The molecular weight excluding hydrogens is 224 g/mol. The van der Waals surface area contributed by atoms with Gasteiger partial charge in [0.1, 0.15) is 5.75 Å². The Labute approximate surface area is 109 Å². The van der Waals surface area contributed by atoms with Crippen molar-refractivity contribution in [2.75, 3.05) is 26.2 Å². The molecule has 1 aromatic carbocycles. The Balaban J connectivity index is 1.42. The molecule has 18 heavy (non-hydrogen) atoms. The van der Waals surface area contributed by atoms with Crippen molar-refractivity contribution in [3.05, 3.63) is 29.3 Å². The summed E-state index contributed by atoms with van der Waals surface area (Å²) in [5.74, 6) is 1.96. The van der Waals surface area contributed by atoms with Crippen LogP contribution in [-0.2, 0) is 13.0 Å². The fraction of sp³-hybridized carbons (Fsp3) is 0.600. The van der Waals surface area contributed by atoms with Gasteiger partial charge in [-0.05, 0) is 55.6 Å². The number of nitrogens with one attached hydrogen (secondary N) is 2. The van der Waals surface area contributed by atoms with Crippen molar-refractivity contribution in [3.63, 3.8) is 0 Å². The average molecular weight is 246 g/mol. The molecule has 0 spiro atoms. The third-order valence-electron chi connectivity index (χ3n) is 3.97. The highest BCUT2D eigenvalue weighted by atomic mass is 16.5. The second-order valence-electron chi connectivity index (χ2n) is 5.36. The fourth-order valence-corrected chi connectivity index (χ4v) is 2.85. The van der Waals surface area contributed by atoms with Crippen molar-refractivity contribution in [2.45, 2.75) is 25.8 Å². The third kappa shape index (κ3) is 2.85. The first-order chi connectivity index (χ1) is 8.92. The molecule has 1 aromatic rings. The van der Waals surface area contributed by atoms with Crippen LogP contribution < -0.4 is 15.4 Å². The van der Waals surface area contributed by atoms with E-state index in [0.29, 0.717) is 0 Å². The summed E-state index contributed by atoms with van der Waals surface area (Å²) in [4.78, 5) is 0. The van der Waals surface area contributed by atoms with Gasteiger partial charge < -0.3 is 15.4 Å². The summed E-state index contributed by atoms with van der Waals surface area (Å²) in [7, 11) is 0. The van der Waals surface area contributed by atoms with Crippen molar-refractivity contribution < 1.29 is 4.74 Å². The SMILES string of the molecule is c1cc2c(cc1CNCCC1CCNC1)CCO2. The summed E-state index contributed by atoms with van der Waals surface area (Å²) in [6, 6.07) is 6.57. The zero-order chi connectivity index (χ0) is 12.2. The monoisotopic (exact) mass is 246 g/mol. The number of hydrogen-bond acceptors (Lipinski definition) is 3. The van der Waals surface area contributed by atoms with Crippen LogP contribution in [0.25, 0.3) is 0 Å². The molecule has 2 N–H and O–H groups in total. The van der Waals surface area contributed by atoms with Gasteiger partial charge in [0.05, 0.1) is 6.61 Å². The first-order valence-corrected chi connectivity index (χ1v) is 7.08. The summed E-state index contributed by atoms with van der Waals surface area (Å²) < 4.78 is 5.52. The van der Waals surface area contributed by atoms with Gasteiger partial charge in [0.25, 0.3) is 0 Å². The van der Waals surface area contributed by atoms with Crippen LogP contribution in [0.4, 0.5) is 0 Å². The van der Waals surface area contributed by atoms with E-state index in [1.807, 2.05) is 0 Å². The van der Waals surface area contributed by atoms with E-state index in [4.69, 9.17) is 4.74 Å². The van der Waals surface area contributed by atoms with E-state index in [-0.39, 0.29) is 0 Å². The van der Waals surface area contributed by atoms with Gasteiger partial charge in [-0.2, -0.15) is 0 Å². The molecule has 0 aromatic heterocycles. The predicted molar refractivity (Wildman–Crippen MR) is 72.9 cm³/mol. The van der Waals surface area contributed by atoms with E-state index >= 15 is 0 Å². The summed E-state index contributed by atoms with van der Waals surface area (Å²) in [5, 5.41) is 6.97. The lowest BCUT2D eigenvalue weighted by atomic mass is 10.1. The van der Waals surface area contributed by atoms with Crippen molar-refractivity contribution in [2.24, 2.45) is 5.92 Å². The van der Waals surface area contributed by atoms with Crippen molar-refractivity contribution in [3.8, 4) is 5.75 Å². The molecule has 0 aliphatic carbocycles. The summed E-state index contributed by atoms with van der Waals surface area (Å²) in [6.07, 6.45) is 3.70. The normalized spacial score (nSPS) is 21.9.